The van der Waals surface area contributed by atoms with Crippen LogP contribution in [0.1, 0.15) is 15.9 Å². The largest absolute Gasteiger partial charge is 0.439 e. The molecule has 126 valence electrons. The zero-order valence-corrected chi connectivity index (χ0v) is 14.8. The van der Waals surface area contributed by atoms with Gasteiger partial charge in [-0.25, -0.2) is 4.98 Å². The summed E-state index contributed by atoms with van der Waals surface area (Å²) in [7, 11) is 0. The van der Waals surface area contributed by atoms with Crippen molar-refractivity contribution in [2.75, 3.05) is 5.32 Å². The summed E-state index contributed by atoms with van der Waals surface area (Å²) in [5, 5.41) is 3.79. The number of amides is 1. The van der Waals surface area contributed by atoms with Crippen LogP contribution in [-0.2, 0) is 0 Å². The number of halogens is 2. The van der Waals surface area contributed by atoms with Crippen LogP contribution in [0.2, 0.25) is 10.0 Å². The molecule has 0 radical (unpaired) electrons. The summed E-state index contributed by atoms with van der Waals surface area (Å²) >= 11 is 12.0. The number of carbonyl (C=O) groups excluding carboxylic acids is 1. The number of rotatable bonds is 4. The van der Waals surface area contributed by atoms with Gasteiger partial charge in [0.05, 0.1) is 22.5 Å². The van der Waals surface area contributed by atoms with E-state index in [0.29, 0.717) is 32.9 Å². The summed E-state index contributed by atoms with van der Waals surface area (Å²) in [6.07, 6.45) is 1.52. The van der Waals surface area contributed by atoms with E-state index in [9.17, 15) is 4.79 Å². The third-order valence-corrected chi connectivity index (χ3v) is 4.03. The number of nitrogens with zero attached hydrogens (tertiary/aromatic N) is 1. The minimum Gasteiger partial charge on any atom is -0.439 e. The number of benzene rings is 2. The molecule has 0 aliphatic rings. The van der Waals surface area contributed by atoms with E-state index in [1.807, 2.05) is 13.0 Å². The molecule has 25 heavy (non-hydrogen) atoms. The van der Waals surface area contributed by atoms with Crippen molar-refractivity contribution >= 4 is 34.8 Å². The molecular weight excluding hydrogens is 359 g/mol. The van der Waals surface area contributed by atoms with Crippen LogP contribution >= 0.6 is 23.2 Å². The van der Waals surface area contributed by atoms with E-state index in [4.69, 9.17) is 27.9 Å². The van der Waals surface area contributed by atoms with Gasteiger partial charge in [0, 0.05) is 11.1 Å². The fourth-order valence-corrected chi connectivity index (χ4v) is 2.65. The summed E-state index contributed by atoms with van der Waals surface area (Å²) < 4.78 is 5.72. The number of hydrogen-bond donors (Lipinski definition) is 1. The third-order valence-electron chi connectivity index (χ3n) is 3.46. The van der Waals surface area contributed by atoms with Crippen LogP contribution in [0.25, 0.3) is 0 Å². The standard InChI is InChI=1S/C19H14Cl2N2O2/c1-12-10-13(20)6-8-17(12)25-18-9-7-14(11-22-18)23-19(24)15-4-2-3-5-16(15)21/h2-11H,1H3,(H,23,24). The van der Waals surface area contributed by atoms with Crippen molar-refractivity contribution in [3.63, 3.8) is 0 Å². The second-order valence-electron chi connectivity index (χ2n) is 5.33. The zero-order chi connectivity index (χ0) is 17.8. The van der Waals surface area contributed by atoms with Crippen LogP contribution in [0.4, 0.5) is 5.69 Å². The Morgan fingerprint density at radius 3 is 2.56 bits per heavy atom. The number of carbonyl (C=O) groups is 1. The van der Waals surface area contributed by atoms with Crippen molar-refractivity contribution in [2.24, 2.45) is 0 Å². The minimum absolute atomic E-state index is 0.297. The fraction of sp³-hybridized carbons (Fsp3) is 0.0526. The van der Waals surface area contributed by atoms with E-state index < -0.39 is 0 Å². The predicted molar refractivity (Wildman–Crippen MR) is 99.9 cm³/mol. The second-order valence-corrected chi connectivity index (χ2v) is 6.17. The Labute approximate surface area is 155 Å². The highest BCUT2D eigenvalue weighted by atomic mass is 35.5. The molecule has 1 heterocycles. The molecule has 1 N–H and O–H groups in total. The van der Waals surface area contributed by atoms with Crippen LogP contribution in [-0.4, -0.2) is 10.9 Å². The van der Waals surface area contributed by atoms with Crippen LogP contribution < -0.4 is 10.1 Å². The molecule has 0 fully saturated rings. The number of aryl methyl sites for hydroxylation is 1. The highest BCUT2D eigenvalue weighted by Gasteiger charge is 2.10. The van der Waals surface area contributed by atoms with Crippen LogP contribution in [0.15, 0.2) is 60.8 Å². The highest BCUT2D eigenvalue weighted by molar-refractivity contribution is 6.34. The first-order valence-electron chi connectivity index (χ1n) is 7.49. The number of nitrogens with one attached hydrogen (secondary N) is 1. The molecule has 0 spiro atoms. The molecule has 2 aromatic carbocycles. The third kappa shape index (κ3) is 4.29. The molecule has 1 amide bonds. The number of aromatic nitrogens is 1. The lowest BCUT2D eigenvalue weighted by atomic mass is 10.2. The van der Waals surface area contributed by atoms with Gasteiger partial charge in [-0.3, -0.25) is 4.79 Å². The molecular formula is C19H14Cl2N2O2. The summed E-state index contributed by atoms with van der Waals surface area (Å²) in [4.78, 5) is 16.4. The van der Waals surface area contributed by atoms with Crippen molar-refractivity contribution < 1.29 is 9.53 Å². The normalized spacial score (nSPS) is 10.4. The first-order valence-corrected chi connectivity index (χ1v) is 8.24. The molecule has 6 heteroatoms. The first kappa shape index (κ1) is 17.3. The van der Waals surface area contributed by atoms with E-state index in [-0.39, 0.29) is 5.91 Å². The smallest absolute Gasteiger partial charge is 0.257 e. The molecule has 0 bridgehead atoms. The van der Waals surface area contributed by atoms with Gasteiger partial charge in [0.25, 0.3) is 5.91 Å². The molecule has 0 unspecified atom stereocenters. The topological polar surface area (TPSA) is 51.2 Å². The van der Waals surface area contributed by atoms with Gasteiger partial charge in [-0.15, -0.1) is 0 Å². The van der Waals surface area contributed by atoms with Crippen molar-refractivity contribution in [1.29, 1.82) is 0 Å². The Bertz CT molecular complexity index is 912. The Morgan fingerprint density at radius 1 is 1.08 bits per heavy atom. The van der Waals surface area contributed by atoms with E-state index in [2.05, 4.69) is 10.3 Å². The van der Waals surface area contributed by atoms with Crippen LogP contribution in [0, 0.1) is 6.92 Å². The summed E-state index contributed by atoms with van der Waals surface area (Å²) in [5.74, 6) is 0.792. The number of pyridine rings is 1. The summed E-state index contributed by atoms with van der Waals surface area (Å²) in [6, 6.07) is 15.6. The number of anilines is 1. The quantitative estimate of drug-likeness (QED) is 0.634. The van der Waals surface area contributed by atoms with E-state index >= 15 is 0 Å². The van der Waals surface area contributed by atoms with Crippen molar-refractivity contribution in [3.05, 3.63) is 82.0 Å². The van der Waals surface area contributed by atoms with Crippen LogP contribution in [0.3, 0.4) is 0 Å². The summed E-state index contributed by atoms with van der Waals surface area (Å²) in [5.41, 5.74) is 1.86. The van der Waals surface area contributed by atoms with E-state index in [0.717, 1.165) is 5.56 Å². The molecule has 4 nitrogen and oxygen atoms in total. The maximum Gasteiger partial charge on any atom is 0.257 e. The van der Waals surface area contributed by atoms with Crippen LogP contribution in [0.5, 0.6) is 11.6 Å². The maximum absolute atomic E-state index is 12.2. The van der Waals surface area contributed by atoms with Gasteiger partial charge in [0.1, 0.15) is 5.75 Å². The number of hydrogen-bond acceptors (Lipinski definition) is 3. The predicted octanol–water partition coefficient (Wildman–Crippen LogP) is 5.74. The second kappa shape index (κ2) is 7.55. The van der Waals surface area contributed by atoms with Gasteiger partial charge < -0.3 is 10.1 Å². The lowest BCUT2D eigenvalue weighted by Crippen LogP contribution is -2.12. The Hall–Kier alpha value is -2.56. The first-order chi connectivity index (χ1) is 12.0. The molecule has 3 aromatic rings. The highest BCUT2D eigenvalue weighted by Crippen LogP contribution is 2.26. The van der Waals surface area contributed by atoms with Gasteiger partial charge in [0.2, 0.25) is 5.88 Å². The zero-order valence-electron chi connectivity index (χ0n) is 13.3. The lowest BCUT2D eigenvalue weighted by molar-refractivity contribution is 0.102. The molecule has 0 saturated heterocycles. The Kier molecular flexibility index (Phi) is 5.22. The van der Waals surface area contributed by atoms with E-state index in [1.165, 1.54) is 6.20 Å². The average molecular weight is 373 g/mol. The van der Waals surface area contributed by atoms with E-state index in [1.54, 1.807) is 48.5 Å². The molecule has 0 saturated carbocycles. The monoisotopic (exact) mass is 372 g/mol. The SMILES string of the molecule is Cc1cc(Cl)ccc1Oc1ccc(NC(=O)c2ccccc2Cl)cn1. The Morgan fingerprint density at radius 2 is 1.88 bits per heavy atom. The van der Waals surface area contributed by atoms with Gasteiger partial charge in [-0.1, -0.05) is 35.3 Å². The molecule has 0 aliphatic heterocycles. The van der Waals surface area contributed by atoms with Gasteiger partial charge in [-0.2, -0.15) is 0 Å². The van der Waals surface area contributed by atoms with Crippen molar-refractivity contribution in [1.82, 2.24) is 4.98 Å². The molecule has 0 atom stereocenters. The summed E-state index contributed by atoms with van der Waals surface area (Å²) in [6.45, 7) is 1.90. The van der Waals surface area contributed by atoms with Gasteiger partial charge >= 0.3 is 0 Å². The molecule has 0 aliphatic carbocycles. The Balaban J connectivity index is 1.70. The van der Waals surface area contributed by atoms with Crippen molar-refractivity contribution in [3.8, 4) is 11.6 Å². The molecule has 1 aromatic heterocycles. The average Bonchev–Trinajstić information content (AvgIpc) is 2.59. The van der Waals surface area contributed by atoms with Gasteiger partial charge in [-0.05, 0) is 48.9 Å². The molecule has 3 rings (SSSR count). The van der Waals surface area contributed by atoms with Gasteiger partial charge in [0.15, 0.2) is 0 Å². The lowest BCUT2D eigenvalue weighted by Gasteiger charge is -2.09. The van der Waals surface area contributed by atoms with Crippen molar-refractivity contribution in [2.45, 2.75) is 6.92 Å². The fourth-order valence-electron chi connectivity index (χ4n) is 2.20. The number of ether oxygens (including phenoxy) is 1. The minimum atomic E-state index is -0.297. The maximum atomic E-state index is 12.2.